The summed E-state index contributed by atoms with van der Waals surface area (Å²) in [5.41, 5.74) is 5.26. The molecule has 2 aromatic rings. The van der Waals surface area contributed by atoms with Crippen molar-refractivity contribution in [2.24, 2.45) is 0 Å². The first-order valence-corrected chi connectivity index (χ1v) is 6.08. The highest BCUT2D eigenvalue weighted by Crippen LogP contribution is 2.32. The number of nitriles is 1. The van der Waals surface area contributed by atoms with Crippen LogP contribution in [0.2, 0.25) is 0 Å². The maximum Gasteiger partial charge on any atom is 0.417 e. The summed E-state index contributed by atoms with van der Waals surface area (Å²) in [7, 11) is 0. The molecular weight excluding hydrogens is 289 g/mol. The van der Waals surface area contributed by atoms with Crippen LogP contribution in [0, 0.1) is 11.3 Å². The number of hydrogen-bond donors (Lipinski definition) is 1. The van der Waals surface area contributed by atoms with Crippen LogP contribution >= 0.6 is 11.8 Å². The molecule has 0 atom stereocenters. The number of nitrogens with zero attached hydrogens (tertiary/aromatic N) is 3. The summed E-state index contributed by atoms with van der Waals surface area (Å²) in [6.07, 6.45) is -2.31. The summed E-state index contributed by atoms with van der Waals surface area (Å²) in [6, 6.07) is 5.52. The minimum Gasteiger partial charge on any atom is -0.397 e. The Bertz CT molecular complexity index is 662. The molecule has 8 heteroatoms. The third-order valence-electron chi connectivity index (χ3n) is 2.26. The van der Waals surface area contributed by atoms with Gasteiger partial charge in [-0.25, -0.2) is 9.97 Å². The lowest BCUT2D eigenvalue weighted by Gasteiger charge is -2.07. The number of nitrogens with two attached hydrogens (primary N) is 1. The maximum atomic E-state index is 12.4. The third-order valence-corrected chi connectivity index (χ3v) is 3.23. The first kappa shape index (κ1) is 14.1. The topological polar surface area (TPSA) is 75.6 Å². The van der Waals surface area contributed by atoms with Crippen LogP contribution in [0.1, 0.15) is 11.1 Å². The van der Waals surface area contributed by atoms with E-state index in [2.05, 4.69) is 9.97 Å². The molecule has 20 heavy (non-hydrogen) atoms. The van der Waals surface area contributed by atoms with Gasteiger partial charge in [-0.1, -0.05) is 0 Å². The molecule has 102 valence electrons. The zero-order valence-electron chi connectivity index (χ0n) is 9.85. The van der Waals surface area contributed by atoms with Gasteiger partial charge in [-0.15, -0.1) is 0 Å². The van der Waals surface area contributed by atoms with Crippen LogP contribution in [0.5, 0.6) is 0 Å². The molecule has 0 fully saturated rings. The van der Waals surface area contributed by atoms with Crippen LogP contribution in [0.25, 0.3) is 0 Å². The van der Waals surface area contributed by atoms with Crippen LogP contribution in [-0.2, 0) is 6.18 Å². The highest BCUT2D eigenvalue weighted by Gasteiger charge is 2.30. The van der Waals surface area contributed by atoms with Gasteiger partial charge in [0, 0.05) is 6.20 Å². The number of aromatic nitrogens is 2. The van der Waals surface area contributed by atoms with Gasteiger partial charge in [0.15, 0.2) is 0 Å². The Labute approximate surface area is 116 Å². The summed E-state index contributed by atoms with van der Waals surface area (Å²) in [5, 5.41) is 9.60. The van der Waals surface area contributed by atoms with Gasteiger partial charge in [0.2, 0.25) is 0 Å². The van der Waals surface area contributed by atoms with E-state index in [9.17, 15) is 13.2 Å². The average molecular weight is 296 g/mol. The Morgan fingerprint density at radius 3 is 2.50 bits per heavy atom. The van der Waals surface area contributed by atoms with Crippen molar-refractivity contribution >= 4 is 17.4 Å². The maximum absolute atomic E-state index is 12.4. The fraction of sp³-hybridized carbons (Fsp3) is 0.0833. The minimum absolute atomic E-state index is 0.247. The summed E-state index contributed by atoms with van der Waals surface area (Å²) >= 11 is 0.999. The van der Waals surface area contributed by atoms with Crippen molar-refractivity contribution in [1.82, 2.24) is 9.97 Å². The molecule has 0 bridgehead atoms. The number of alkyl halides is 3. The normalized spacial score (nSPS) is 11.1. The van der Waals surface area contributed by atoms with E-state index in [1.54, 1.807) is 0 Å². The largest absolute Gasteiger partial charge is 0.417 e. The van der Waals surface area contributed by atoms with Crippen molar-refractivity contribution in [2.45, 2.75) is 16.2 Å². The van der Waals surface area contributed by atoms with E-state index < -0.39 is 11.7 Å². The van der Waals surface area contributed by atoms with Crippen LogP contribution in [0.3, 0.4) is 0 Å². The lowest BCUT2D eigenvalue weighted by atomic mass is 10.3. The highest BCUT2D eigenvalue weighted by molar-refractivity contribution is 7.99. The van der Waals surface area contributed by atoms with Gasteiger partial charge in [0.05, 0.1) is 23.0 Å². The van der Waals surface area contributed by atoms with Gasteiger partial charge < -0.3 is 5.73 Å². The summed E-state index contributed by atoms with van der Waals surface area (Å²) < 4.78 is 37.2. The Morgan fingerprint density at radius 2 is 1.95 bits per heavy atom. The molecule has 0 unspecified atom stereocenters. The summed E-state index contributed by atoms with van der Waals surface area (Å²) in [6.45, 7) is 0. The smallest absolute Gasteiger partial charge is 0.397 e. The molecule has 0 aromatic carbocycles. The van der Waals surface area contributed by atoms with Crippen molar-refractivity contribution in [3.63, 3.8) is 0 Å². The number of pyridine rings is 2. The molecule has 2 rings (SSSR count). The fourth-order valence-electron chi connectivity index (χ4n) is 1.34. The first-order chi connectivity index (χ1) is 9.40. The second-order valence-corrected chi connectivity index (χ2v) is 4.73. The van der Waals surface area contributed by atoms with Crippen molar-refractivity contribution in [3.8, 4) is 6.07 Å². The van der Waals surface area contributed by atoms with Crippen LogP contribution in [0.15, 0.2) is 40.6 Å². The van der Waals surface area contributed by atoms with Crippen molar-refractivity contribution in [3.05, 3.63) is 41.7 Å². The van der Waals surface area contributed by atoms with Crippen molar-refractivity contribution in [2.75, 3.05) is 5.73 Å². The molecule has 2 aromatic heterocycles. The molecule has 2 N–H and O–H groups in total. The number of halogens is 3. The number of rotatable bonds is 2. The van der Waals surface area contributed by atoms with E-state index in [4.69, 9.17) is 11.0 Å². The van der Waals surface area contributed by atoms with Crippen LogP contribution < -0.4 is 5.73 Å². The monoisotopic (exact) mass is 296 g/mol. The standard InChI is InChI=1S/C12H7F3N4S/c13-12(14,15)8-1-2-10(18-5-8)20-11-7(4-16)3-9(17)6-19-11/h1-3,5-6H,17H2. The van der Waals surface area contributed by atoms with Crippen molar-refractivity contribution in [1.29, 1.82) is 5.26 Å². The Kier molecular flexibility index (Phi) is 3.81. The zero-order chi connectivity index (χ0) is 14.8. The molecule has 0 radical (unpaired) electrons. The van der Waals surface area contributed by atoms with Gasteiger partial charge in [-0.3, -0.25) is 0 Å². The first-order valence-electron chi connectivity index (χ1n) is 5.27. The number of hydrogen-bond acceptors (Lipinski definition) is 5. The van der Waals surface area contributed by atoms with Gasteiger partial charge >= 0.3 is 6.18 Å². The predicted molar refractivity (Wildman–Crippen MR) is 66.7 cm³/mol. The molecule has 0 aliphatic heterocycles. The average Bonchev–Trinajstić information content (AvgIpc) is 2.40. The van der Waals surface area contributed by atoms with Crippen LogP contribution in [0.4, 0.5) is 18.9 Å². The minimum atomic E-state index is -4.42. The van der Waals surface area contributed by atoms with Gasteiger partial charge in [-0.2, -0.15) is 18.4 Å². The lowest BCUT2D eigenvalue weighted by Crippen LogP contribution is -2.05. The Balaban J connectivity index is 2.25. The van der Waals surface area contributed by atoms with E-state index in [1.165, 1.54) is 18.3 Å². The molecule has 0 saturated carbocycles. The van der Waals surface area contributed by atoms with E-state index in [-0.39, 0.29) is 5.56 Å². The van der Waals surface area contributed by atoms with E-state index in [0.717, 1.165) is 24.0 Å². The molecule has 0 aliphatic rings. The second kappa shape index (κ2) is 5.38. The number of anilines is 1. The molecule has 0 aliphatic carbocycles. The molecular formula is C12H7F3N4S. The van der Waals surface area contributed by atoms with E-state index in [0.29, 0.717) is 15.7 Å². The second-order valence-electron chi connectivity index (χ2n) is 3.72. The lowest BCUT2D eigenvalue weighted by molar-refractivity contribution is -0.137. The SMILES string of the molecule is N#Cc1cc(N)cnc1Sc1ccc(C(F)(F)F)cn1. The molecule has 0 amide bonds. The van der Waals surface area contributed by atoms with E-state index >= 15 is 0 Å². The Hall–Kier alpha value is -2.27. The zero-order valence-corrected chi connectivity index (χ0v) is 10.7. The molecule has 4 nitrogen and oxygen atoms in total. The Morgan fingerprint density at radius 1 is 1.20 bits per heavy atom. The highest BCUT2D eigenvalue weighted by atomic mass is 32.2. The van der Waals surface area contributed by atoms with Crippen molar-refractivity contribution < 1.29 is 13.2 Å². The van der Waals surface area contributed by atoms with Gasteiger partial charge in [-0.05, 0) is 30.0 Å². The fourth-order valence-corrected chi connectivity index (χ4v) is 2.10. The quantitative estimate of drug-likeness (QED) is 0.921. The van der Waals surface area contributed by atoms with E-state index in [1.807, 2.05) is 6.07 Å². The molecule has 0 spiro atoms. The predicted octanol–water partition coefficient (Wildman–Crippen LogP) is 3.10. The molecule has 2 heterocycles. The number of nitrogen functional groups attached to an aromatic ring is 1. The third kappa shape index (κ3) is 3.19. The van der Waals surface area contributed by atoms with Crippen LogP contribution in [-0.4, -0.2) is 9.97 Å². The molecule has 0 saturated heterocycles. The summed E-state index contributed by atoms with van der Waals surface area (Å²) in [4.78, 5) is 7.67. The summed E-state index contributed by atoms with van der Waals surface area (Å²) in [5.74, 6) is 0. The van der Waals surface area contributed by atoms with Gasteiger partial charge in [0.25, 0.3) is 0 Å². The van der Waals surface area contributed by atoms with Gasteiger partial charge in [0.1, 0.15) is 16.1 Å².